The van der Waals surface area contributed by atoms with Crippen LogP contribution < -0.4 is 0 Å². The monoisotopic (exact) mass is 196 g/mol. The van der Waals surface area contributed by atoms with Gasteiger partial charge in [0.15, 0.2) is 6.29 Å². The molecule has 0 aliphatic heterocycles. The first-order chi connectivity index (χ1) is 5.70. The lowest BCUT2D eigenvalue weighted by Gasteiger charge is -2.14. The molecule has 0 aliphatic carbocycles. The number of hydrogen-bond acceptors (Lipinski definition) is 4. The van der Waals surface area contributed by atoms with Crippen LogP contribution in [-0.4, -0.2) is 33.7 Å². The first kappa shape index (κ1) is 11.9. The molecule has 0 unspecified atom stereocenters. The Morgan fingerprint density at radius 3 is 2.00 bits per heavy atom. The standard InChI is InChI=1S/C7H16O4S/c1-3-10-7(11-4-2)5-6-12(8)9/h7,12H,3-6H2,1-2H3. The van der Waals surface area contributed by atoms with Gasteiger partial charge in [-0.2, -0.15) is 0 Å². The Hall–Kier alpha value is -0.130. The van der Waals surface area contributed by atoms with E-state index in [0.717, 1.165) is 0 Å². The summed E-state index contributed by atoms with van der Waals surface area (Å²) in [6.45, 7) is 4.78. The fourth-order valence-corrected chi connectivity index (χ4v) is 1.22. The summed E-state index contributed by atoms with van der Waals surface area (Å²) in [6, 6.07) is 0. The summed E-state index contributed by atoms with van der Waals surface area (Å²) in [5.41, 5.74) is 0. The minimum absolute atomic E-state index is 0.125. The highest BCUT2D eigenvalue weighted by atomic mass is 32.2. The molecule has 74 valence electrons. The quantitative estimate of drug-likeness (QED) is 0.472. The van der Waals surface area contributed by atoms with Gasteiger partial charge in [-0.25, -0.2) is 8.42 Å². The van der Waals surface area contributed by atoms with Gasteiger partial charge in [0.2, 0.25) is 0 Å². The fraction of sp³-hybridized carbons (Fsp3) is 1.00. The number of hydrogen-bond donors (Lipinski definition) is 1. The van der Waals surface area contributed by atoms with Crippen molar-refractivity contribution in [3.8, 4) is 0 Å². The highest BCUT2D eigenvalue weighted by molar-refractivity contribution is 7.72. The molecule has 0 saturated heterocycles. The van der Waals surface area contributed by atoms with E-state index in [1.54, 1.807) is 0 Å². The van der Waals surface area contributed by atoms with Crippen molar-refractivity contribution in [2.24, 2.45) is 0 Å². The Balaban J connectivity index is 3.61. The van der Waals surface area contributed by atoms with Gasteiger partial charge < -0.3 is 9.47 Å². The number of rotatable bonds is 7. The number of thiol groups is 1. The van der Waals surface area contributed by atoms with Gasteiger partial charge in [0.05, 0.1) is 5.75 Å². The molecule has 0 aliphatic rings. The molecule has 0 amide bonds. The second kappa shape index (κ2) is 7.52. The Kier molecular flexibility index (Phi) is 7.43. The molecule has 5 heteroatoms. The molecule has 0 saturated carbocycles. The lowest BCUT2D eigenvalue weighted by atomic mass is 10.5. The van der Waals surface area contributed by atoms with Crippen LogP contribution >= 0.6 is 0 Å². The predicted octanol–water partition coefficient (Wildman–Crippen LogP) is 0.387. The summed E-state index contributed by atoms with van der Waals surface area (Å²) in [5, 5.41) is 0. The Morgan fingerprint density at radius 1 is 1.17 bits per heavy atom. The van der Waals surface area contributed by atoms with Crippen molar-refractivity contribution in [3.05, 3.63) is 0 Å². The summed E-state index contributed by atoms with van der Waals surface area (Å²) >= 11 is 0. The summed E-state index contributed by atoms with van der Waals surface area (Å²) in [7, 11) is -2.31. The molecule has 12 heavy (non-hydrogen) atoms. The van der Waals surface area contributed by atoms with Crippen molar-refractivity contribution in [1.82, 2.24) is 0 Å². The van der Waals surface area contributed by atoms with E-state index in [2.05, 4.69) is 0 Å². The predicted molar refractivity (Wildman–Crippen MR) is 46.8 cm³/mol. The van der Waals surface area contributed by atoms with Gasteiger partial charge in [0.25, 0.3) is 0 Å². The zero-order chi connectivity index (χ0) is 9.40. The molecule has 0 N–H and O–H groups in total. The van der Waals surface area contributed by atoms with E-state index in [9.17, 15) is 8.42 Å². The third kappa shape index (κ3) is 6.57. The second-order valence-corrected chi connectivity index (χ2v) is 3.30. The van der Waals surface area contributed by atoms with Crippen LogP contribution in [-0.2, 0) is 20.2 Å². The van der Waals surface area contributed by atoms with Crippen molar-refractivity contribution in [3.63, 3.8) is 0 Å². The van der Waals surface area contributed by atoms with Crippen molar-refractivity contribution in [2.45, 2.75) is 26.6 Å². The van der Waals surface area contributed by atoms with Crippen molar-refractivity contribution >= 4 is 10.7 Å². The smallest absolute Gasteiger partial charge is 0.158 e. The molecule has 0 aromatic carbocycles. The maximum absolute atomic E-state index is 10.2. The van der Waals surface area contributed by atoms with Gasteiger partial charge in [-0.05, 0) is 13.8 Å². The molecule has 0 spiro atoms. The van der Waals surface area contributed by atoms with Crippen LogP contribution in [0.15, 0.2) is 0 Å². The van der Waals surface area contributed by atoms with Gasteiger partial charge >= 0.3 is 0 Å². The van der Waals surface area contributed by atoms with Crippen molar-refractivity contribution in [1.29, 1.82) is 0 Å². The summed E-state index contributed by atoms with van der Waals surface area (Å²) < 4.78 is 30.8. The molecule has 0 aromatic heterocycles. The van der Waals surface area contributed by atoms with Gasteiger partial charge in [0.1, 0.15) is 10.7 Å². The lowest BCUT2D eigenvalue weighted by Crippen LogP contribution is -2.18. The topological polar surface area (TPSA) is 52.6 Å². The SMILES string of the molecule is CCOC(CC[SH](=O)=O)OCC. The average molecular weight is 196 g/mol. The van der Waals surface area contributed by atoms with Gasteiger partial charge in [-0.15, -0.1) is 0 Å². The van der Waals surface area contributed by atoms with Crippen molar-refractivity contribution < 1.29 is 17.9 Å². The molecule has 0 aromatic rings. The Bertz CT molecular complexity index is 153. The fourth-order valence-electron chi connectivity index (χ4n) is 0.797. The summed E-state index contributed by atoms with van der Waals surface area (Å²) in [4.78, 5) is 0. The molecule has 4 nitrogen and oxygen atoms in total. The first-order valence-corrected chi connectivity index (χ1v) is 5.42. The van der Waals surface area contributed by atoms with Gasteiger partial charge in [-0.1, -0.05) is 0 Å². The van der Waals surface area contributed by atoms with Crippen LogP contribution in [0.3, 0.4) is 0 Å². The lowest BCUT2D eigenvalue weighted by molar-refractivity contribution is -0.136. The summed E-state index contributed by atoms with van der Waals surface area (Å²) in [6.07, 6.45) is 0.0494. The van der Waals surface area contributed by atoms with Crippen LogP contribution in [0.5, 0.6) is 0 Å². The highest BCUT2D eigenvalue weighted by Gasteiger charge is 2.07. The molecule has 0 heterocycles. The van der Waals surface area contributed by atoms with E-state index in [1.165, 1.54) is 0 Å². The van der Waals surface area contributed by atoms with Gasteiger partial charge in [0, 0.05) is 19.6 Å². The molecular weight excluding hydrogens is 180 g/mol. The van der Waals surface area contributed by atoms with Crippen LogP contribution in [0.4, 0.5) is 0 Å². The van der Waals surface area contributed by atoms with Crippen LogP contribution in [0.1, 0.15) is 20.3 Å². The Morgan fingerprint density at radius 2 is 1.67 bits per heavy atom. The molecule has 0 fully saturated rings. The van der Waals surface area contributed by atoms with Crippen molar-refractivity contribution in [2.75, 3.05) is 19.0 Å². The second-order valence-electron chi connectivity index (χ2n) is 2.19. The van der Waals surface area contributed by atoms with E-state index in [-0.39, 0.29) is 12.0 Å². The van der Waals surface area contributed by atoms with E-state index in [4.69, 9.17) is 9.47 Å². The molecule has 0 rings (SSSR count). The third-order valence-electron chi connectivity index (χ3n) is 1.25. The Labute approximate surface area is 74.8 Å². The zero-order valence-electron chi connectivity index (χ0n) is 7.49. The average Bonchev–Trinajstić information content (AvgIpc) is 2.01. The minimum atomic E-state index is -2.31. The largest absolute Gasteiger partial charge is 0.353 e. The van der Waals surface area contributed by atoms with Crippen LogP contribution in [0.2, 0.25) is 0 Å². The maximum Gasteiger partial charge on any atom is 0.158 e. The molecule has 0 radical (unpaired) electrons. The van der Waals surface area contributed by atoms with E-state index >= 15 is 0 Å². The minimum Gasteiger partial charge on any atom is -0.353 e. The molecule has 0 bridgehead atoms. The third-order valence-corrected chi connectivity index (χ3v) is 1.88. The summed E-state index contributed by atoms with van der Waals surface area (Å²) in [5.74, 6) is 0.125. The number of ether oxygens (including phenoxy) is 2. The van der Waals surface area contributed by atoms with E-state index in [0.29, 0.717) is 19.6 Å². The van der Waals surface area contributed by atoms with E-state index < -0.39 is 10.7 Å². The first-order valence-electron chi connectivity index (χ1n) is 4.05. The zero-order valence-corrected chi connectivity index (χ0v) is 8.38. The van der Waals surface area contributed by atoms with Crippen LogP contribution in [0, 0.1) is 0 Å². The molecular formula is C7H16O4S. The van der Waals surface area contributed by atoms with Crippen LogP contribution in [0.25, 0.3) is 0 Å². The maximum atomic E-state index is 10.2. The highest BCUT2D eigenvalue weighted by Crippen LogP contribution is 2.00. The molecule has 0 atom stereocenters. The normalized spacial score (nSPS) is 11.3. The van der Waals surface area contributed by atoms with E-state index in [1.807, 2.05) is 13.8 Å². The van der Waals surface area contributed by atoms with Gasteiger partial charge in [-0.3, -0.25) is 0 Å².